The third-order valence-electron chi connectivity index (χ3n) is 4.05. The fourth-order valence-electron chi connectivity index (χ4n) is 2.54. The van der Waals surface area contributed by atoms with Gasteiger partial charge in [-0.25, -0.2) is 0 Å². The summed E-state index contributed by atoms with van der Waals surface area (Å²) >= 11 is 0. The van der Waals surface area contributed by atoms with E-state index in [-0.39, 0.29) is 17.9 Å². The molecule has 0 aliphatic carbocycles. The van der Waals surface area contributed by atoms with Crippen LogP contribution in [0.15, 0.2) is 48.5 Å². The Bertz CT molecular complexity index is 744. The molecule has 26 heavy (non-hydrogen) atoms. The molecule has 1 atom stereocenters. The average molecular weight is 354 g/mol. The molecule has 0 radical (unpaired) electrons. The van der Waals surface area contributed by atoms with Gasteiger partial charge in [0.1, 0.15) is 0 Å². The van der Waals surface area contributed by atoms with E-state index in [2.05, 4.69) is 10.6 Å². The normalized spacial score (nSPS) is 11.7. The Hall–Kier alpha value is -2.66. The highest BCUT2D eigenvalue weighted by Gasteiger charge is 2.09. The summed E-state index contributed by atoms with van der Waals surface area (Å²) < 4.78 is 5.80. The van der Waals surface area contributed by atoms with Crippen molar-refractivity contribution < 1.29 is 14.3 Å². The molecule has 138 valence electrons. The highest BCUT2D eigenvalue weighted by Crippen LogP contribution is 2.17. The van der Waals surface area contributed by atoms with Gasteiger partial charge in [0.25, 0.3) is 5.91 Å². The van der Waals surface area contributed by atoms with Crippen LogP contribution >= 0.6 is 0 Å². The van der Waals surface area contributed by atoms with Crippen molar-refractivity contribution in [1.82, 2.24) is 5.32 Å². The summed E-state index contributed by atoms with van der Waals surface area (Å²) in [5, 5.41) is 5.61. The van der Waals surface area contributed by atoms with Gasteiger partial charge in [-0.2, -0.15) is 0 Å². The summed E-state index contributed by atoms with van der Waals surface area (Å²) in [6, 6.07) is 15.3. The minimum atomic E-state index is -0.160. The molecule has 0 aliphatic heterocycles. The molecule has 0 bridgehead atoms. The van der Waals surface area contributed by atoms with E-state index >= 15 is 0 Å². The first-order chi connectivity index (χ1) is 12.5. The van der Waals surface area contributed by atoms with Gasteiger partial charge in [0, 0.05) is 31.3 Å². The lowest BCUT2D eigenvalue weighted by Gasteiger charge is -2.14. The lowest BCUT2D eigenvalue weighted by molar-refractivity contribution is -0.114. The number of benzene rings is 2. The van der Waals surface area contributed by atoms with Gasteiger partial charge in [-0.05, 0) is 43.5 Å². The summed E-state index contributed by atoms with van der Waals surface area (Å²) in [5.41, 5.74) is 3.24. The van der Waals surface area contributed by atoms with Crippen LogP contribution in [0, 0.1) is 6.92 Å². The maximum Gasteiger partial charge on any atom is 0.251 e. The first-order valence-electron chi connectivity index (χ1n) is 8.80. The molecule has 0 saturated carbocycles. The van der Waals surface area contributed by atoms with Crippen LogP contribution in [0.25, 0.3) is 0 Å². The molecule has 5 heteroatoms. The van der Waals surface area contributed by atoms with Gasteiger partial charge in [0.2, 0.25) is 5.91 Å². The van der Waals surface area contributed by atoms with Crippen LogP contribution < -0.4 is 10.6 Å². The van der Waals surface area contributed by atoms with Crippen LogP contribution in [0.1, 0.15) is 47.9 Å². The SMILES string of the molecule is CC(=O)Nc1cc(C(=O)NCCCOC(C)c2ccccc2)ccc1C. The van der Waals surface area contributed by atoms with Crippen molar-refractivity contribution in [3.63, 3.8) is 0 Å². The largest absolute Gasteiger partial charge is 0.374 e. The summed E-state index contributed by atoms with van der Waals surface area (Å²) in [7, 11) is 0. The van der Waals surface area contributed by atoms with E-state index in [1.54, 1.807) is 12.1 Å². The van der Waals surface area contributed by atoms with E-state index in [9.17, 15) is 9.59 Å². The zero-order valence-electron chi connectivity index (χ0n) is 15.5. The molecule has 2 N–H and O–H groups in total. The standard InChI is InChI=1S/C21H26N2O3/c1-15-10-11-19(14-20(15)23-17(3)24)21(25)22-12-7-13-26-16(2)18-8-5-4-6-9-18/h4-6,8-11,14,16H,7,12-13H2,1-3H3,(H,22,25)(H,23,24). The minimum Gasteiger partial charge on any atom is -0.374 e. The zero-order valence-corrected chi connectivity index (χ0v) is 15.5. The topological polar surface area (TPSA) is 67.4 Å². The molecule has 2 rings (SSSR count). The van der Waals surface area contributed by atoms with Gasteiger partial charge in [0.15, 0.2) is 0 Å². The number of amides is 2. The Morgan fingerprint density at radius 2 is 1.85 bits per heavy atom. The van der Waals surface area contributed by atoms with E-state index in [1.165, 1.54) is 6.92 Å². The van der Waals surface area contributed by atoms with Crippen molar-refractivity contribution in [3.05, 3.63) is 65.2 Å². The number of carbonyl (C=O) groups is 2. The van der Waals surface area contributed by atoms with E-state index in [0.29, 0.717) is 24.4 Å². The Morgan fingerprint density at radius 3 is 2.54 bits per heavy atom. The van der Waals surface area contributed by atoms with Crippen molar-refractivity contribution in [1.29, 1.82) is 0 Å². The van der Waals surface area contributed by atoms with Crippen LogP contribution in [-0.4, -0.2) is 25.0 Å². The summed E-state index contributed by atoms with van der Waals surface area (Å²) in [6.07, 6.45) is 0.761. The van der Waals surface area contributed by atoms with Crippen LogP contribution in [0.5, 0.6) is 0 Å². The molecule has 1 unspecified atom stereocenters. The molecule has 0 aliphatic rings. The van der Waals surface area contributed by atoms with E-state index in [4.69, 9.17) is 4.74 Å². The van der Waals surface area contributed by atoms with Crippen molar-refractivity contribution in [2.45, 2.75) is 33.3 Å². The number of anilines is 1. The first-order valence-corrected chi connectivity index (χ1v) is 8.80. The van der Waals surface area contributed by atoms with Crippen LogP contribution in [0.3, 0.4) is 0 Å². The minimum absolute atomic E-state index is 0.0317. The summed E-state index contributed by atoms with van der Waals surface area (Å²) in [4.78, 5) is 23.5. The number of hydrogen-bond acceptors (Lipinski definition) is 3. The van der Waals surface area contributed by atoms with Crippen LogP contribution in [0.4, 0.5) is 5.69 Å². The monoisotopic (exact) mass is 354 g/mol. The van der Waals surface area contributed by atoms with Gasteiger partial charge in [-0.15, -0.1) is 0 Å². The second-order valence-corrected chi connectivity index (χ2v) is 6.24. The Morgan fingerprint density at radius 1 is 1.12 bits per heavy atom. The maximum atomic E-state index is 12.2. The average Bonchev–Trinajstić information content (AvgIpc) is 2.63. The van der Waals surface area contributed by atoms with Gasteiger partial charge < -0.3 is 15.4 Å². The lowest BCUT2D eigenvalue weighted by Crippen LogP contribution is -2.25. The molecular formula is C21H26N2O3. The molecule has 0 spiro atoms. The second kappa shape index (κ2) is 9.73. The number of aryl methyl sites for hydroxylation is 1. The zero-order chi connectivity index (χ0) is 18.9. The van der Waals surface area contributed by atoms with Gasteiger partial charge >= 0.3 is 0 Å². The predicted octanol–water partition coefficient (Wildman–Crippen LogP) is 3.85. The van der Waals surface area contributed by atoms with Gasteiger partial charge in [-0.1, -0.05) is 36.4 Å². The Labute approximate surface area is 154 Å². The summed E-state index contributed by atoms with van der Waals surface area (Å²) in [5.74, 6) is -0.317. The third kappa shape index (κ3) is 6.01. The Kier molecular flexibility index (Phi) is 7.36. The third-order valence-corrected chi connectivity index (χ3v) is 4.05. The lowest BCUT2D eigenvalue weighted by atomic mass is 10.1. The Balaban J connectivity index is 1.76. The molecule has 5 nitrogen and oxygen atoms in total. The fraction of sp³-hybridized carbons (Fsp3) is 0.333. The molecule has 2 aromatic rings. The van der Waals surface area contributed by atoms with Crippen LogP contribution in [-0.2, 0) is 9.53 Å². The van der Waals surface area contributed by atoms with E-state index < -0.39 is 0 Å². The molecule has 0 aromatic heterocycles. The highest BCUT2D eigenvalue weighted by atomic mass is 16.5. The molecule has 2 aromatic carbocycles. The quantitative estimate of drug-likeness (QED) is 0.708. The molecule has 0 heterocycles. The number of rotatable bonds is 8. The molecule has 0 saturated heterocycles. The smallest absolute Gasteiger partial charge is 0.251 e. The number of hydrogen-bond donors (Lipinski definition) is 2. The predicted molar refractivity (Wildman–Crippen MR) is 103 cm³/mol. The number of ether oxygens (including phenoxy) is 1. The van der Waals surface area contributed by atoms with Crippen LogP contribution in [0.2, 0.25) is 0 Å². The van der Waals surface area contributed by atoms with Crippen molar-refractivity contribution in [3.8, 4) is 0 Å². The van der Waals surface area contributed by atoms with E-state index in [1.807, 2.05) is 50.2 Å². The maximum absolute atomic E-state index is 12.2. The van der Waals surface area contributed by atoms with Crippen molar-refractivity contribution >= 4 is 17.5 Å². The number of nitrogens with one attached hydrogen (secondary N) is 2. The second-order valence-electron chi connectivity index (χ2n) is 6.24. The first kappa shape index (κ1) is 19.7. The molecular weight excluding hydrogens is 328 g/mol. The fourth-order valence-corrected chi connectivity index (χ4v) is 2.54. The number of carbonyl (C=O) groups excluding carboxylic acids is 2. The molecule has 2 amide bonds. The van der Waals surface area contributed by atoms with Gasteiger partial charge in [0.05, 0.1) is 6.10 Å². The molecule has 0 fully saturated rings. The summed E-state index contributed by atoms with van der Waals surface area (Å²) in [6.45, 7) is 6.45. The van der Waals surface area contributed by atoms with Crippen molar-refractivity contribution in [2.75, 3.05) is 18.5 Å². The highest BCUT2D eigenvalue weighted by molar-refractivity contribution is 5.97. The van der Waals surface area contributed by atoms with Gasteiger partial charge in [-0.3, -0.25) is 9.59 Å². The van der Waals surface area contributed by atoms with E-state index in [0.717, 1.165) is 17.5 Å². The van der Waals surface area contributed by atoms with Crippen molar-refractivity contribution in [2.24, 2.45) is 0 Å².